The first kappa shape index (κ1) is 12.6. The Hall–Kier alpha value is -0.820. The molecule has 1 nitrogen and oxygen atoms in total. The SMILES string of the molecule is Cc1ccc(CCCC2CCNCC2)cc1C. The zero-order valence-corrected chi connectivity index (χ0v) is 11.3. The van der Waals surface area contributed by atoms with Crippen LogP contribution in [0, 0.1) is 19.8 Å². The fourth-order valence-corrected chi connectivity index (χ4v) is 2.72. The molecule has 1 N–H and O–H groups in total. The van der Waals surface area contributed by atoms with Crippen molar-refractivity contribution in [1.82, 2.24) is 5.32 Å². The molecule has 0 spiro atoms. The third kappa shape index (κ3) is 3.85. The van der Waals surface area contributed by atoms with Gasteiger partial charge < -0.3 is 5.32 Å². The van der Waals surface area contributed by atoms with Crippen LogP contribution in [0.1, 0.15) is 42.4 Å². The van der Waals surface area contributed by atoms with Crippen LogP contribution in [0.5, 0.6) is 0 Å². The average molecular weight is 231 g/mol. The highest BCUT2D eigenvalue weighted by Crippen LogP contribution is 2.20. The molecule has 1 aromatic rings. The van der Waals surface area contributed by atoms with E-state index in [2.05, 4.69) is 37.4 Å². The maximum atomic E-state index is 3.44. The van der Waals surface area contributed by atoms with Crippen molar-refractivity contribution in [2.45, 2.75) is 46.0 Å². The molecule has 1 heterocycles. The molecule has 17 heavy (non-hydrogen) atoms. The average Bonchev–Trinajstić information content (AvgIpc) is 2.35. The summed E-state index contributed by atoms with van der Waals surface area (Å²) < 4.78 is 0. The predicted octanol–water partition coefficient (Wildman–Crippen LogP) is 3.63. The second-order valence-electron chi connectivity index (χ2n) is 5.50. The van der Waals surface area contributed by atoms with Gasteiger partial charge in [-0.2, -0.15) is 0 Å². The Labute approximate surface area is 106 Å². The third-order valence-corrected chi connectivity index (χ3v) is 4.11. The fourth-order valence-electron chi connectivity index (χ4n) is 2.72. The van der Waals surface area contributed by atoms with Crippen molar-refractivity contribution >= 4 is 0 Å². The quantitative estimate of drug-likeness (QED) is 0.834. The van der Waals surface area contributed by atoms with Gasteiger partial charge in [0.25, 0.3) is 0 Å². The maximum absolute atomic E-state index is 3.44. The second kappa shape index (κ2) is 6.20. The number of nitrogens with one attached hydrogen (secondary N) is 1. The number of hydrogen-bond donors (Lipinski definition) is 1. The molecule has 0 radical (unpaired) electrons. The number of aryl methyl sites for hydroxylation is 3. The second-order valence-corrected chi connectivity index (χ2v) is 5.50. The van der Waals surface area contributed by atoms with Gasteiger partial charge in [0.2, 0.25) is 0 Å². The highest BCUT2D eigenvalue weighted by molar-refractivity contribution is 5.29. The normalized spacial score (nSPS) is 17.3. The molecule has 0 atom stereocenters. The van der Waals surface area contributed by atoms with E-state index in [4.69, 9.17) is 0 Å². The van der Waals surface area contributed by atoms with E-state index in [0.717, 1.165) is 5.92 Å². The van der Waals surface area contributed by atoms with Gasteiger partial charge in [-0.05, 0) is 75.2 Å². The number of piperidine rings is 1. The monoisotopic (exact) mass is 231 g/mol. The molecule has 1 heteroatoms. The summed E-state index contributed by atoms with van der Waals surface area (Å²) in [7, 11) is 0. The molecule has 0 saturated carbocycles. The lowest BCUT2D eigenvalue weighted by Gasteiger charge is -2.22. The molecular formula is C16H25N. The van der Waals surface area contributed by atoms with E-state index in [9.17, 15) is 0 Å². The molecule has 1 fully saturated rings. The molecule has 0 aliphatic carbocycles. The van der Waals surface area contributed by atoms with Crippen molar-refractivity contribution in [3.63, 3.8) is 0 Å². The fraction of sp³-hybridized carbons (Fsp3) is 0.625. The minimum Gasteiger partial charge on any atom is -0.317 e. The number of benzene rings is 1. The molecule has 0 unspecified atom stereocenters. The van der Waals surface area contributed by atoms with Crippen molar-refractivity contribution in [2.24, 2.45) is 5.92 Å². The van der Waals surface area contributed by atoms with Crippen LogP contribution in [0.4, 0.5) is 0 Å². The van der Waals surface area contributed by atoms with Crippen molar-refractivity contribution in [1.29, 1.82) is 0 Å². The van der Waals surface area contributed by atoms with E-state index in [1.54, 1.807) is 0 Å². The summed E-state index contributed by atoms with van der Waals surface area (Å²) in [6.45, 7) is 6.86. The molecule has 1 aliphatic rings. The lowest BCUT2D eigenvalue weighted by molar-refractivity contribution is 0.347. The minimum atomic E-state index is 0.975. The molecule has 0 amide bonds. The summed E-state index contributed by atoms with van der Waals surface area (Å²) in [5, 5.41) is 3.44. The molecule has 0 aromatic heterocycles. The Kier molecular flexibility index (Phi) is 4.61. The number of hydrogen-bond acceptors (Lipinski definition) is 1. The van der Waals surface area contributed by atoms with Gasteiger partial charge in [-0.3, -0.25) is 0 Å². The van der Waals surface area contributed by atoms with Crippen molar-refractivity contribution in [3.05, 3.63) is 34.9 Å². The van der Waals surface area contributed by atoms with Crippen LogP contribution < -0.4 is 5.32 Å². The molecule has 0 bridgehead atoms. The smallest absolute Gasteiger partial charge is 0.00463 e. The third-order valence-electron chi connectivity index (χ3n) is 4.11. The van der Waals surface area contributed by atoms with Gasteiger partial charge in [0.05, 0.1) is 0 Å². The summed E-state index contributed by atoms with van der Waals surface area (Å²) in [5.41, 5.74) is 4.36. The van der Waals surface area contributed by atoms with Gasteiger partial charge >= 0.3 is 0 Å². The zero-order chi connectivity index (χ0) is 12.1. The van der Waals surface area contributed by atoms with Crippen molar-refractivity contribution in [3.8, 4) is 0 Å². The first-order valence-electron chi connectivity index (χ1n) is 7.02. The summed E-state index contributed by atoms with van der Waals surface area (Å²) in [6, 6.07) is 6.91. The van der Waals surface area contributed by atoms with Crippen LogP contribution in [0.15, 0.2) is 18.2 Å². The Balaban J connectivity index is 1.75. The Bertz CT molecular complexity index is 351. The summed E-state index contributed by atoms with van der Waals surface area (Å²) in [6.07, 6.45) is 6.78. The predicted molar refractivity (Wildman–Crippen MR) is 74.4 cm³/mol. The van der Waals surface area contributed by atoms with Gasteiger partial charge in [0, 0.05) is 0 Å². The Morgan fingerprint density at radius 1 is 1.12 bits per heavy atom. The highest BCUT2D eigenvalue weighted by atomic mass is 14.9. The van der Waals surface area contributed by atoms with Gasteiger partial charge in [-0.1, -0.05) is 24.6 Å². The van der Waals surface area contributed by atoms with Crippen molar-refractivity contribution < 1.29 is 0 Å². The van der Waals surface area contributed by atoms with E-state index in [-0.39, 0.29) is 0 Å². The molecule has 2 rings (SSSR count). The van der Waals surface area contributed by atoms with Crippen molar-refractivity contribution in [2.75, 3.05) is 13.1 Å². The lowest BCUT2D eigenvalue weighted by atomic mass is 9.91. The molecular weight excluding hydrogens is 206 g/mol. The first-order valence-corrected chi connectivity index (χ1v) is 7.02. The van der Waals surface area contributed by atoms with Crippen LogP contribution in [0.2, 0.25) is 0 Å². The highest BCUT2D eigenvalue weighted by Gasteiger charge is 2.12. The summed E-state index contributed by atoms with van der Waals surface area (Å²) in [5.74, 6) is 0.975. The number of rotatable bonds is 4. The zero-order valence-electron chi connectivity index (χ0n) is 11.3. The summed E-state index contributed by atoms with van der Waals surface area (Å²) >= 11 is 0. The topological polar surface area (TPSA) is 12.0 Å². The Morgan fingerprint density at radius 2 is 1.88 bits per heavy atom. The van der Waals surface area contributed by atoms with Crippen LogP contribution in [-0.4, -0.2) is 13.1 Å². The van der Waals surface area contributed by atoms with E-state index < -0.39 is 0 Å². The van der Waals surface area contributed by atoms with Crippen LogP contribution in [0.3, 0.4) is 0 Å². The molecule has 1 aliphatic heterocycles. The summed E-state index contributed by atoms with van der Waals surface area (Å²) in [4.78, 5) is 0. The Morgan fingerprint density at radius 3 is 2.59 bits per heavy atom. The van der Waals surface area contributed by atoms with Crippen LogP contribution >= 0.6 is 0 Å². The van der Waals surface area contributed by atoms with Gasteiger partial charge in [0.15, 0.2) is 0 Å². The van der Waals surface area contributed by atoms with Gasteiger partial charge in [0.1, 0.15) is 0 Å². The van der Waals surface area contributed by atoms with E-state index >= 15 is 0 Å². The van der Waals surface area contributed by atoms with E-state index in [1.807, 2.05) is 0 Å². The standard InChI is InChI=1S/C16H25N/c1-13-6-7-16(12-14(13)2)5-3-4-15-8-10-17-11-9-15/h6-7,12,15,17H,3-5,8-11H2,1-2H3. The lowest BCUT2D eigenvalue weighted by Crippen LogP contribution is -2.27. The van der Waals surface area contributed by atoms with Crippen LogP contribution in [0.25, 0.3) is 0 Å². The van der Waals surface area contributed by atoms with Gasteiger partial charge in [-0.15, -0.1) is 0 Å². The van der Waals surface area contributed by atoms with Gasteiger partial charge in [-0.25, -0.2) is 0 Å². The molecule has 1 saturated heterocycles. The molecule has 1 aromatic carbocycles. The van der Waals surface area contributed by atoms with Crippen LogP contribution in [-0.2, 0) is 6.42 Å². The minimum absolute atomic E-state index is 0.975. The van der Waals surface area contributed by atoms with E-state index in [0.29, 0.717) is 0 Å². The molecule has 94 valence electrons. The first-order chi connectivity index (χ1) is 8.25. The maximum Gasteiger partial charge on any atom is -0.00463 e. The largest absolute Gasteiger partial charge is 0.317 e. The van der Waals surface area contributed by atoms with E-state index in [1.165, 1.54) is 61.9 Å².